The second kappa shape index (κ2) is 4.80. The Labute approximate surface area is 140 Å². The minimum absolute atomic E-state index is 0.219. The van der Waals surface area contributed by atoms with Crippen LogP contribution >= 0.6 is 0 Å². The van der Waals surface area contributed by atoms with Crippen LogP contribution in [0.2, 0.25) is 0 Å². The summed E-state index contributed by atoms with van der Waals surface area (Å²) < 4.78 is 16.5. The van der Waals surface area contributed by atoms with Gasteiger partial charge in [0.05, 0.1) is 7.11 Å². The fourth-order valence-corrected chi connectivity index (χ4v) is 4.26. The predicted molar refractivity (Wildman–Crippen MR) is 89.0 cm³/mol. The number of hydrogen-bond acceptors (Lipinski definition) is 5. The third kappa shape index (κ3) is 1.73. The highest BCUT2D eigenvalue weighted by molar-refractivity contribution is 5.84. The maximum absolute atomic E-state index is 10.9. The molecule has 5 nitrogen and oxygen atoms in total. The van der Waals surface area contributed by atoms with Crippen LogP contribution in [0.3, 0.4) is 0 Å². The van der Waals surface area contributed by atoms with Crippen LogP contribution in [0.5, 0.6) is 23.0 Å². The van der Waals surface area contributed by atoms with Crippen molar-refractivity contribution in [3.05, 3.63) is 34.9 Å². The monoisotopic (exact) mass is 325 g/mol. The molecule has 0 fully saturated rings. The fourth-order valence-electron chi connectivity index (χ4n) is 4.26. The van der Waals surface area contributed by atoms with Crippen LogP contribution in [-0.2, 0) is 12.8 Å². The lowest BCUT2D eigenvalue weighted by Gasteiger charge is -2.40. The average Bonchev–Trinajstić information content (AvgIpc) is 3.04. The lowest BCUT2D eigenvalue weighted by molar-refractivity contribution is 0.174. The van der Waals surface area contributed by atoms with Crippen molar-refractivity contribution in [3.8, 4) is 34.1 Å². The van der Waals surface area contributed by atoms with Crippen LogP contribution in [-0.4, -0.2) is 37.5 Å². The summed E-state index contributed by atoms with van der Waals surface area (Å²) in [7, 11) is 3.75. The molecule has 2 aromatic rings. The van der Waals surface area contributed by atoms with E-state index in [9.17, 15) is 5.11 Å². The van der Waals surface area contributed by atoms with E-state index in [1.165, 1.54) is 16.7 Å². The summed E-state index contributed by atoms with van der Waals surface area (Å²) in [5.74, 6) is 2.29. The van der Waals surface area contributed by atoms with Crippen molar-refractivity contribution < 1.29 is 19.3 Å². The predicted octanol–water partition coefficient (Wildman–Crippen LogP) is 2.88. The van der Waals surface area contributed by atoms with Gasteiger partial charge in [-0.2, -0.15) is 0 Å². The number of likely N-dealkylation sites (N-methyl/N-ethyl adjacent to an activating group) is 1. The Morgan fingerprint density at radius 1 is 1.17 bits per heavy atom. The zero-order valence-electron chi connectivity index (χ0n) is 13.8. The summed E-state index contributed by atoms with van der Waals surface area (Å²) in [4.78, 5) is 2.37. The average molecular weight is 325 g/mol. The summed E-state index contributed by atoms with van der Waals surface area (Å²) in [6.45, 7) is 1.26. The Kier molecular flexibility index (Phi) is 2.80. The second-order valence-corrected chi connectivity index (χ2v) is 6.69. The highest BCUT2D eigenvalue weighted by atomic mass is 16.7. The number of phenolic OH excluding ortho intramolecular Hbond substituents is 1. The normalized spacial score (nSPS) is 20.5. The maximum Gasteiger partial charge on any atom is 0.231 e. The third-order valence-corrected chi connectivity index (χ3v) is 5.49. The van der Waals surface area contributed by atoms with E-state index in [-0.39, 0.29) is 18.6 Å². The Morgan fingerprint density at radius 3 is 2.75 bits per heavy atom. The topological polar surface area (TPSA) is 51.2 Å². The number of fused-ring (bicyclic) bond motifs is 3. The van der Waals surface area contributed by atoms with Crippen LogP contribution in [0.15, 0.2) is 18.2 Å². The molecular formula is C19H19NO4. The van der Waals surface area contributed by atoms with E-state index in [0.717, 1.165) is 42.0 Å². The minimum Gasteiger partial charge on any atom is -0.504 e. The SMILES string of the molecule is COc1cc2c3c(c1O)-c1cc4c(cc1C[C@H]3N(C)CC2)OCO4. The first-order valence-electron chi connectivity index (χ1n) is 8.23. The van der Waals surface area contributed by atoms with E-state index in [1.54, 1.807) is 7.11 Å². The molecule has 5 rings (SSSR count). The Morgan fingerprint density at radius 2 is 1.96 bits per heavy atom. The van der Waals surface area contributed by atoms with E-state index in [0.29, 0.717) is 5.75 Å². The number of benzene rings is 2. The summed E-state index contributed by atoms with van der Waals surface area (Å²) in [6.07, 6.45) is 1.88. The molecule has 2 heterocycles. The molecule has 0 amide bonds. The van der Waals surface area contributed by atoms with Gasteiger partial charge in [0.2, 0.25) is 6.79 Å². The molecule has 0 radical (unpaired) electrons. The molecular weight excluding hydrogens is 306 g/mol. The van der Waals surface area contributed by atoms with Crippen molar-refractivity contribution in [1.29, 1.82) is 0 Å². The first-order chi connectivity index (χ1) is 11.7. The van der Waals surface area contributed by atoms with Gasteiger partial charge in [0.15, 0.2) is 23.0 Å². The molecule has 0 unspecified atom stereocenters. The van der Waals surface area contributed by atoms with Crippen molar-refractivity contribution in [2.45, 2.75) is 18.9 Å². The number of methoxy groups -OCH3 is 1. The fraction of sp³-hybridized carbons (Fsp3) is 0.368. The second-order valence-electron chi connectivity index (χ2n) is 6.69. The van der Waals surface area contributed by atoms with Gasteiger partial charge in [-0.05, 0) is 60.3 Å². The summed E-state index contributed by atoms with van der Waals surface area (Å²) in [5.41, 5.74) is 5.60. The molecule has 1 N–H and O–H groups in total. The number of rotatable bonds is 1. The van der Waals surface area contributed by atoms with Crippen molar-refractivity contribution in [3.63, 3.8) is 0 Å². The van der Waals surface area contributed by atoms with Crippen molar-refractivity contribution in [2.24, 2.45) is 0 Å². The first kappa shape index (κ1) is 14.0. The molecule has 3 aliphatic rings. The first-order valence-corrected chi connectivity index (χ1v) is 8.23. The van der Waals surface area contributed by atoms with E-state index < -0.39 is 0 Å². The zero-order chi connectivity index (χ0) is 16.4. The molecule has 5 heteroatoms. The Balaban J connectivity index is 1.84. The highest BCUT2D eigenvalue weighted by Gasteiger charge is 2.36. The molecule has 0 spiro atoms. The van der Waals surface area contributed by atoms with Crippen LogP contribution in [0.4, 0.5) is 0 Å². The number of phenols is 1. The molecule has 24 heavy (non-hydrogen) atoms. The van der Waals surface area contributed by atoms with Gasteiger partial charge in [0, 0.05) is 18.2 Å². The molecule has 1 aliphatic carbocycles. The maximum atomic E-state index is 10.9. The minimum atomic E-state index is 0.219. The van der Waals surface area contributed by atoms with Gasteiger partial charge < -0.3 is 19.3 Å². The smallest absolute Gasteiger partial charge is 0.231 e. The Bertz CT molecular complexity index is 861. The highest BCUT2D eigenvalue weighted by Crippen LogP contribution is 2.53. The van der Waals surface area contributed by atoms with Crippen LogP contribution < -0.4 is 14.2 Å². The number of hydrogen-bond donors (Lipinski definition) is 1. The number of ether oxygens (including phenoxy) is 3. The van der Waals surface area contributed by atoms with Gasteiger partial charge >= 0.3 is 0 Å². The van der Waals surface area contributed by atoms with Crippen molar-refractivity contribution in [1.82, 2.24) is 4.90 Å². The quantitative estimate of drug-likeness (QED) is 0.874. The van der Waals surface area contributed by atoms with Crippen LogP contribution in [0, 0.1) is 0 Å². The van der Waals surface area contributed by atoms with Crippen molar-refractivity contribution in [2.75, 3.05) is 27.5 Å². The molecule has 124 valence electrons. The molecule has 0 saturated heterocycles. The summed E-state index contributed by atoms with van der Waals surface area (Å²) in [6, 6.07) is 6.32. The lowest BCUT2D eigenvalue weighted by Crippen LogP contribution is -2.35. The molecule has 2 aromatic carbocycles. The van der Waals surface area contributed by atoms with Gasteiger partial charge in [0.25, 0.3) is 0 Å². The lowest BCUT2D eigenvalue weighted by atomic mass is 9.76. The van der Waals surface area contributed by atoms with Gasteiger partial charge in [-0.3, -0.25) is 4.90 Å². The zero-order valence-corrected chi connectivity index (χ0v) is 13.8. The van der Waals surface area contributed by atoms with Gasteiger partial charge in [0.1, 0.15) is 0 Å². The molecule has 1 atom stereocenters. The Hall–Kier alpha value is -2.40. The van der Waals surface area contributed by atoms with E-state index in [2.05, 4.69) is 18.0 Å². The third-order valence-electron chi connectivity index (χ3n) is 5.49. The number of aromatic hydroxyl groups is 1. The van der Waals surface area contributed by atoms with E-state index in [4.69, 9.17) is 14.2 Å². The molecule has 2 aliphatic heterocycles. The standard InChI is InChI=1S/C19H19NO4/c1-20-4-3-10-6-16(22-2)19(21)18-12-8-15-14(23-9-24-15)7-11(12)5-13(20)17(10)18/h6-8,13,21H,3-5,9H2,1-2H3/t13-/m1/s1. The van der Waals surface area contributed by atoms with Gasteiger partial charge in [-0.15, -0.1) is 0 Å². The van der Waals surface area contributed by atoms with Gasteiger partial charge in [-0.25, -0.2) is 0 Å². The molecule has 0 saturated carbocycles. The summed E-state index contributed by atoms with van der Waals surface area (Å²) >= 11 is 0. The van der Waals surface area contributed by atoms with E-state index in [1.807, 2.05) is 12.1 Å². The van der Waals surface area contributed by atoms with Crippen LogP contribution in [0.25, 0.3) is 11.1 Å². The largest absolute Gasteiger partial charge is 0.504 e. The van der Waals surface area contributed by atoms with Gasteiger partial charge in [-0.1, -0.05) is 0 Å². The van der Waals surface area contributed by atoms with Crippen molar-refractivity contribution >= 4 is 0 Å². The summed E-state index contributed by atoms with van der Waals surface area (Å²) in [5, 5.41) is 10.9. The molecule has 0 aromatic heterocycles. The van der Waals surface area contributed by atoms with Crippen LogP contribution in [0.1, 0.15) is 22.7 Å². The van der Waals surface area contributed by atoms with E-state index >= 15 is 0 Å². The number of nitrogens with zero attached hydrogens (tertiary/aromatic N) is 1. The molecule has 0 bridgehead atoms.